The van der Waals surface area contributed by atoms with E-state index >= 15 is 0 Å². The van der Waals surface area contributed by atoms with E-state index in [1.807, 2.05) is 30.3 Å². The Morgan fingerprint density at radius 2 is 1.84 bits per heavy atom. The van der Waals surface area contributed by atoms with Crippen molar-refractivity contribution in [3.05, 3.63) is 47.0 Å². The molecule has 6 atom stereocenters. The van der Waals surface area contributed by atoms with Gasteiger partial charge in [-0.25, -0.2) is 4.79 Å². The van der Waals surface area contributed by atoms with Crippen LogP contribution in [0.1, 0.15) is 46.1 Å². The minimum absolute atomic E-state index is 0.0443. The maximum atomic E-state index is 12.6. The predicted molar refractivity (Wildman–Crippen MR) is 111 cm³/mol. The van der Waals surface area contributed by atoms with Gasteiger partial charge in [-0.3, -0.25) is 9.59 Å². The van der Waals surface area contributed by atoms with Crippen LogP contribution in [0, 0.1) is 5.92 Å². The molecular weight excluding hydrogens is 416 g/mol. The van der Waals surface area contributed by atoms with Crippen LogP contribution in [0.3, 0.4) is 0 Å². The number of carbonyl (C=O) groups excluding carboxylic acids is 3. The zero-order valence-corrected chi connectivity index (χ0v) is 18.6. The van der Waals surface area contributed by atoms with Crippen LogP contribution in [0.5, 0.6) is 0 Å². The van der Waals surface area contributed by atoms with Gasteiger partial charge in [0.1, 0.15) is 5.60 Å². The molecule has 1 aromatic carbocycles. The van der Waals surface area contributed by atoms with Crippen LogP contribution in [0.2, 0.25) is 0 Å². The van der Waals surface area contributed by atoms with Crippen molar-refractivity contribution in [3.8, 4) is 0 Å². The number of benzene rings is 1. The highest BCUT2D eigenvalue weighted by Gasteiger charge is 2.73. The number of allylic oxidation sites excluding steroid dienone is 1. The number of Topliss-reactive ketones (excluding diaryl/α,β-unsaturated/α-hetero) is 1. The molecule has 2 aliphatic carbocycles. The van der Waals surface area contributed by atoms with Crippen molar-refractivity contribution in [2.75, 3.05) is 0 Å². The normalized spacial score (nSPS) is 38.8. The number of fused-ring (bicyclic) bond motifs is 3. The second kappa shape index (κ2) is 7.50. The minimum Gasteiger partial charge on any atom is -0.459 e. The first-order valence-electron chi connectivity index (χ1n) is 10.7. The molecule has 1 saturated heterocycles. The molecule has 2 N–H and O–H groups in total. The largest absolute Gasteiger partial charge is 0.459 e. The topological polar surface area (TPSA) is 119 Å². The summed E-state index contributed by atoms with van der Waals surface area (Å²) in [7, 11) is 0. The lowest BCUT2D eigenvalue weighted by atomic mass is 9.75. The number of ether oxygens (including phenoxy) is 3. The van der Waals surface area contributed by atoms with Crippen molar-refractivity contribution in [1.29, 1.82) is 0 Å². The molecule has 0 unspecified atom stereocenters. The van der Waals surface area contributed by atoms with E-state index < -0.39 is 46.9 Å². The fraction of sp³-hybridized carbons (Fsp3) is 0.542. The fourth-order valence-electron chi connectivity index (χ4n) is 5.37. The minimum atomic E-state index is -2.30. The summed E-state index contributed by atoms with van der Waals surface area (Å²) in [6.07, 6.45) is -2.45. The van der Waals surface area contributed by atoms with Gasteiger partial charge in [0.25, 0.3) is 0 Å². The zero-order valence-electron chi connectivity index (χ0n) is 18.6. The van der Waals surface area contributed by atoms with Gasteiger partial charge in [-0.2, -0.15) is 0 Å². The molecule has 0 amide bonds. The summed E-state index contributed by atoms with van der Waals surface area (Å²) in [6.45, 7) is 5.82. The number of rotatable bonds is 4. The maximum Gasteiger partial charge on any atom is 0.341 e. The van der Waals surface area contributed by atoms with Crippen molar-refractivity contribution in [2.24, 2.45) is 5.92 Å². The van der Waals surface area contributed by atoms with Crippen molar-refractivity contribution in [3.63, 3.8) is 0 Å². The lowest BCUT2D eigenvalue weighted by molar-refractivity contribution is -0.210. The summed E-state index contributed by atoms with van der Waals surface area (Å²) in [5.41, 5.74) is -4.19. The lowest BCUT2D eigenvalue weighted by Crippen LogP contribution is -2.64. The summed E-state index contributed by atoms with van der Waals surface area (Å²) in [5, 5.41) is 23.1. The first kappa shape index (κ1) is 22.6. The molecule has 1 heterocycles. The first-order valence-corrected chi connectivity index (χ1v) is 10.7. The van der Waals surface area contributed by atoms with Gasteiger partial charge in [-0.15, -0.1) is 0 Å². The summed E-state index contributed by atoms with van der Waals surface area (Å²) in [5.74, 6) is -2.35. The van der Waals surface area contributed by atoms with Crippen LogP contribution >= 0.6 is 0 Å². The smallest absolute Gasteiger partial charge is 0.341 e. The SMILES string of the molecule is CC(=O)O[C@@]1(C)C[C@@H](OCc2ccccc2)[C@@]2(O)[C@@H](OC(=O)[C@@]2(C)O)C2=C(C)C(=O)C[C@@H]21. The number of aliphatic hydroxyl groups is 2. The van der Waals surface area contributed by atoms with E-state index in [0.717, 1.165) is 5.56 Å². The highest BCUT2D eigenvalue weighted by Crippen LogP contribution is 2.55. The van der Waals surface area contributed by atoms with Gasteiger partial charge in [-0.05, 0) is 37.5 Å². The Hall–Kier alpha value is -2.55. The molecule has 8 heteroatoms. The van der Waals surface area contributed by atoms with Crippen LogP contribution in [0.25, 0.3) is 0 Å². The van der Waals surface area contributed by atoms with Crippen LogP contribution in [0.4, 0.5) is 0 Å². The van der Waals surface area contributed by atoms with Gasteiger partial charge in [0, 0.05) is 25.7 Å². The number of hydrogen-bond donors (Lipinski definition) is 2. The third kappa shape index (κ3) is 3.20. The molecule has 0 bridgehead atoms. The Bertz CT molecular complexity index is 997. The molecule has 0 spiro atoms. The van der Waals surface area contributed by atoms with Crippen LogP contribution in [0.15, 0.2) is 41.5 Å². The number of carbonyl (C=O) groups is 3. The molecule has 1 aliphatic heterocycles. The molecule has 3 aliphatic rings. The second-order valence-corrected chi connectivity index (χ2v) is 9.34. The van der Waals surface area contributed by atoms with E-state index in [1.54, 1.807) is 13.8 Å². The van der Waals surface area contributed by atoms with Crippen molar-refractivity contribution in [1.82, 2.24) is 0 Å². The standard InChI is InChI=1S/C24H28O8/c1-13-17(26)10-16-19(13)20-24(29,23(4,28)21(27)31-20)18(11-22(16,3)32-14(2)25)30-12-15-8-6-5-7-9-15/h5-9,16,18,20,28-29H,10-12H2,1-4H3/t16-,18+,20-,22-,23+,24+/m0/s1. The molecule has 8 nitrogen and oxygen atoms in total. The fourth-order valence-corrected chi connectivity index (χ4v) is 5.37. The second-order valence-electron chi connectivity index (χ2n) is 9.34. The Balaban J connectivity index is 1.85. The van der Waals surface area contributed by atoms with Crippen molar-refractivity contribution < 1.29 is 38.8 Å². The van der Waals surface area contributed by atoms with Gasteiger partial charge >= 0.3 is 11.9 Å². The summed E-state index contributed by atoms with van der Waals surface area (Å²) < 4.78 is 17.3. The first-order chi connectivity index (χ1) is 14.9. The molecule has 1 saturated carbocycles. The zero-order chi connectivity index (χ0) is 23.5. The number of hydrogen-bond acceptors (Lipinski definition) is 8. The van der Waals surface area contributed by atoms with Crippen LogP contribution < -0.4 is 0 Å². The number of ketones is 1. The van der Waals surface area contributed by atoms with Gasteiger partial charge in [0.2, 0.25) is 0 Å². The molecule has 2 fully saturated rings. The summed E-state index contributed by atoms with van der Waals surface area (Å²) in [4.78, 5) is 37.3. The van der Waals surface area contributed by atoms with E-state index in [1.165, 1.54) is 13.8 Å². The van der Waals surface area contributed by atoms with Gasteiger partial charge in [0.05, 0.1) is 12.7 Å². The van der Waals surface area contributed by atoms with E-state index in [9.17, 15) is 24.6 Å². The van der Waals surface area contributed by atoms with Crippen molar-refractivity contribution in [2.45, 2.75) is 76.2 Å². The van der Waals surface area contributed by atoms with E-state index in [0.29, 0.717) is 11.1 Å². The average Bonchev–Trinajstić information content (AvgIpc) is 3.09. The maximum absolute atomic E-state index is 12.6. The predicted octanol–water partition coefficient (Wildman–Crippen LogP) is 1.61. The summed E-state index contributed by atoms with van der Waals surface area (Å²) in [6, 6.07) is 9.23. The molecule has 0 aromatic heterocycles. The van der Waals surface area contributed by atoms with Gasteiger partial charge < -0.3 is 24.4 Å². The molecular formula is C24H28O8. The lowest BCUT2D eigenvalue weighted by Gasteiger charge is -2.41. The Labute approximate surface area is 186 Å². The van der Waals surface area contributed by atoms with E-state index in [-0.39, 0.29) is 25.2 Å². The van der Waals surface area contributed by atoms with Crippen LogP contribution in [-0.4, -0.2) is 56.9 Å². The molecule has 0 radical (unpaired) electrons. The Morgan fingerprint density at radius 1 is 1.19 bits per heavy atom. The number of esters is 2. The van der Waals surface area contributed by atoms with Crippen LogP contribution in [-0.2, 0) is 35.2 Å². The quantitative estimate of drug-likeness (QED) is 0.673. The third-order valence-electron chi connectivity index (χ3n) is 7.19. The van der Waals surface area contributed by atoms with Gasteiger partial charge in [0.15, 0.2) is 23.1 Å². The highest BCUT2D eigenvalue weighted by atomic mass is 16.6. The average molecular weight is 444 g/mol. The Morgan fingerprint density at radius 3 is 2.47 bits per heavy atom. The summed E-state index contributed by atoms with van der Waals surface area (Å²) >= 11 is 0. The van der Waals surface area contributed by atoms with Crippen molar-refractivity contribution >= 4 is 17.7 Å². The molecule has 4 rings (SSSR count). The van der Waals surface area contributed by atoms with E-state index in [4.69, 9.17) is 14.2 Å². The highest BCUT2D eigenvalue weighted by molar-refractivity contribution is 6.00. The monoisotopic (exact) mass is 444 g/mol. The molecule has 32 heavy (non-hydrogen) atoms. The Kier molecular flexibility index (Phi) is 5.31. The third-order valence-corrected chi connectivity index (χ3v) is 7.19. The molecule has 1 aromatic rings. The van der Waals surface area contributed by atoms with Gasteiger partial charge in [-0.1, -0.05) is 30.3 Å². The molecule has 172 valence electrons. The van der Waals surface area contributed by atoms with E-state index in [2.05, 4.69) is 0 Å².